The molecule has 3 N–H and O–H groups in total. The maximum absolute atomic E-state index is 6.01. The van der Waals surface area contributed by atoms with Crippen LogP contribution in [-0.4, -0.2) is 14.8 Å². The Morgan fingerprint density at radius 3 is 3.00 bits per heavy atom. The smallest absolute Gasteiger partial charge is 0.138 e. The zero-order valence-electron chi connectivity index (χ0n) is 10.9. The number of rotatable bonds is 6. The SMILES string of the molecule is CCCn1ncnc1CC(NN)c1cccc(Cl)c1. The molecule has 5 nitrogen and oxygen atoms in total. The summed E-state index contributed by atoms with van der Waals surface area (Å²) in [6.07, 6.45) is 3.28. The summed E-state index contributed by atoms with van der Waals surface area (Å²) in [5.41, 5.74) is 3.86. The minimum absolute atomic E-state index is 0.0292. The molecule has 0 bridgehead atoms. The van der Waals surface area contributed by atoms with E-state index in [9.17, 15) is 0 Å². The van der Waals surface area contributed by atoms with Crippen molar-refractivity contribution in [2.45, 2.75) is 32.4 Å². The van der Waals surface area contributed by atoms with E-state index in [1.165, 1.54) is 0 Å². The van der Waals surface area contributed by atoms with Gasteiger partial charge in [-0.05, 0) is 24.1 Å². The predicted octanol–water partition coefficient (Wildman–Crippen LogP) is 2.09. The molecule has 0 aliphatic rings. The van der Waals surface area contributed by atoms with Gasteiger partial charge in [-0.2, -0.15) is 5.10 Å². The van der Waals surface area contributed by atoms with Crippen LogP contribution in [0.15, 0.2) is 30.6 Å². The van der Waals surface area contributed by atoms with Crippen LogP contribution in [0.3, 0.4) is 0 Å². The Kier molecular flexibility index (Phi) is 4.90. The molecular weight excluding hydrogens is 262 g/mol. The summed E-state index contributed by atoms with van der Waals surface area (Å²) in [5, 5.41) is 4.92. The number of nitrogens with two attached hydrogens (primary N) is 1. The molecule has 0 saturated heterocycles. The fourth-order valence-electron chi connectivity index (χ4n) is 2.02. The van der Waals surface area contributed by atoms with Gasteiger partial charge in [0.15, 0.2) is 0 Å². The molecule has 6 heteroatoms. The zero-order valence-corrected chi connectivity index (χ0v) is 11.6. The van der Waals surface area contributed by atoms with Crippen molar-refractivity contribution in [2.24, 2.45) is 5.84 Å². The molecule has 1 aromatic heterocycles. The fraction of sp³-hybridized carbons (Fsp3) is 0.385. The van der Waals surface area contributed by atoms with E-state index < -0.39 is 0 Å². The number of halogens is 1. The summed E-state index contributed by atoms with van der Waals surface area (Å²) in [5.74, 6) is 6.57. The molecule has 0 aliphatic heterocycles. The van der Waals surface area contributed by atoms with Crippen LogP contribution in [0.25, 0.3) is 0 Å². The van der Waals surface area contributed by atoms with Gasteiger partial charge in [0.2, 0.25) is 0 Å². The maximum Gasteiger partial charge on any atom is 0.138 e. The van der Waals surface area contributed by atoms with Gasteiger partial charge in [0.05, 0.1) is 6.04 Å². The van der Waals surface area contributed by atoms with Gasteiger partial charge in [0, 0.05) is 18.0 Å². The number of aryl methyl sites for hydroxylation is 1. The average Bonchev–Trinajstić information content (AvgIpc) is 2.84. The van der Waals surface area contributed by atoms with Crippen molar-refractivity contribution >= 4 is 11.6 Å². The number of hydrogen-bond donors (Lipinski definition) is 2. The molecule has 1 aromatic carbocycles. The van der Waals surface area contributed by atoms with Crippen molar-refractivity contribution in [3.63, 3.8) is 0 Å². The normalized spacial score (nSPS) is 12.6. The summed E-state index contributed by atoms with van der Waals surface area (Å²) in [4.78, 5) is 4.29. The Hall–Kier alpha value is -1.43. The molecule has 0 spiro atoms. The van der Waals surface area contributed by atoms with Gasteiger partial charge in [0.25, 0.3) is 0 Å². The molecule has 0 amide bonds. The molecule has 1 unspecified atom stereocenters. The van der Waals surface area contributed by atoms with Crippen molar-refractivity contribution in [3.05, 3.63) is 47.0 Å². The molecule has 2 aromatic rings. The molecule has 1 atom stereocenters. The Morgan fingerprint density at radius 1 is 1.47 bits per heavy atom. The van der Waals surface area contributed by atoms with E-state index in [1.807, 2.05) is 28.9 Å². The maximum atomic E-state index is 6.01. The summed E-state index contributed by atoms with van der Waals surface area (Å²) in [7, 11) is 0. The van der Waals surface area contributed by atoms with E-state index in [0.29, 0.717) is 11.4 Å². The summed E-state index contributed by atoms with van der Waals surface area (Å²) in [6.45, 7) is 2.98. The predicted molar refractivity (Wildman–Crippen MR) is 75.5 cm³/mol. The first-order chi connectivity index (χ1) is 9.24. The first-order valence-corrected chi connectivity index (χ1v) is 6.70. The standard InChI is InChI=1S/C13H18ClN5/c1-2-6-19-13(16-9-17-19)8-12(18-15)10-4-3-5-11(14)7-10/h3-5,7,9,12,18H,2,6,8,15H2,1H3. The van der Waals surface area contributed by atoms with Crippen LogP contribution in [0.4, 0.5) is 0 Å². The molecule has 19 heavy (non-hydrogen) atoms. The Bertz CT molecular complexity index is 525. The summed E-state index contributed by atoms with van der Waals surface area (Å²) < 4.78 is 1.91. The van der Waals surface area contributed by atoms with Crippen molar-refractivity contribution in [3.8, 4) is 0 Å². The van der Waals surface area contributed by atoms with Gasteiger partial charge in [-0.3, -0.25) is 16.0 Å². The zero-order chi connectivity index (χ0) is 13.7. The molecule has 102 valence electrons. The van der Waals surface area contributed by atoms with E-state index in [-0.39, 0.29) is 6.04 Å². The highest BCUT2D eigenvalue weighted by Crippen LogP contribution is 2.20. The molecule has 0 fully saturated rings. The Morgan fingerprint density at radius 2 is 2.32 bits per heavy atom. The second kappa shape index (κ2) is 6.65. The summed E-state index contributed by atoms with van der Waals surface area (Å²) >= 11 is 6.01. The Balaban J connectivity index is 2.17. The number of benzene rings is 1. The largest absolute Gasteiger partial charge is 0.271 e. The van der Waals surface area contributed by atoms with E-state index >= 15 is 0 Å². The van der Waals surface area contributed by atoms with Crippen LogP contribution in [0, 0.1) is 0 Å². The minimum atomic E-state index is -0.0292. The van der Waals surface area contributed by atoms with E-state index in [1.54, 1.807) is 6.33 Å². The molecule has 0 aliphatic carbocycles. The van der Waals surface area contributed by atoms with Gasteiger partial charge < -0.3 is 0 Å². The van der Waals surface area contributed by atoms with Crippen LogP contribution >= 0.6 is 11.6 Å². The number of nitrogens with zero attached hydrogens (tertiary/aromatic N) is 3. The lowest BCUT2D eigenvalue weighted by Gasteiger charge is -2.16. The van der Waals surface area contributed by atoms with E-state index in [2.05, 4.69) is 22.4 Å². The van der Waals surface area contributed by atoms with E-state index in [0.717, 1.165) is 24.4 Å². The van der Waals surface area contributed by atoms with Gasteiger partial charge in [-0.1, -0.05) is 30.7 Å². The third-order valence-corrected chi connectivity index (χ3v) is 3.21. The molecule has 0 radical (unpaired) electrons. The quantitative estimate of drug-likeness (QED) is 0.628. The van der Waals surface area contributed by atoms with E-state index in [4.69, 9.17) is 17.4 Å². The van der Waals surface area contributed by atoms with Gasteiger partial charge in [-0.15, -0.1) is 0 Å². The number of hydrazine groups is 1. The number of hydrogen-bond acceptors (Lipinski definition) is 4. The van der Waals surface area contributed by atoms with Crippen LogP contribution in [-0.2, 0) is 13.0 Å². The van der Waals surface area contributed by atoms with Crippen LogP contribution in [0.5, 0.6) is 0 Å². The number of nitrogens with one attached hydrogen (secondary N) is 1. The van der Waals surface area contributed by atoms with Crippen molar-refractivity contribution in [1.29, 1.82) is 0 Å². The second-order valence-corrected chi connectivity index (χ2v) is 4.81. The average molecular weight is 280 g/mol. The molecular formula is C13H18ClN5. The topological polar surface area (TPSA) is 68.8 Å². The summed E-state index contributed by atoms with van der Waals surface area (Å²) in [6, 6.07) is 7.64. The Labute approximate surface area is 117 Å². The lowest BCUT2D eigenvalue weighted by Crippen LogP contribution is -2.30. The third kappa shape index (κ3) is 3.53. The van der Waals surface area contributed by atoms with Crippen molar-refractivity contribution in [1.82, 2.24) is 20.2 Å². The van der Waals surface area contributed by atoms with Crippen LogP contribution < -0.4 is 11.3 Å². The highest BCUT2D eigenvalue weighted by molar-refractivity contribution is 6.30. The second-order valence-electron chi connectivity index (χ2n) is 4.38. The first-order valence-electron chi connectivity index (χ1n) is 6.33. The lowest BCUT2D eigenvalue weighted by atomic mass is 10.0. The first kappa shape index (κ1) is 14.0. The number of aromatic nitrogens is 3. The highest BCUT2D eigenvalue weighted by Gasteiger charge is 2.14. The highest BCUT2D eigenvalue weighted by atomic mass is 35.5. The van der Waals surface area contributed by atoms with Crippen molar-refractivity contribution in [2.75, 3.05) is 0 Å². The molecule has 0 saturated carbocycles. The fourth-order valence-corrected chi connectivity index (χ4v) is 2.22. The van der Waals surface area contributed by atoms with Crippen LogP contribution in [0.1, 0.15) is 30.8 Å². The third-order valence-electron chi connectivity index (χ3n) is 2.97. The monoisotopic (exact) mass is 279 g/mol. The molecule has 2 rings (SSSR count). The van der Waals surface area contributed by atoms with Crippen LogP contribution in [0.2, 0.25) is 5.02 Å². The van der Waals surface area contributed by atoms with Gasteiger partial charge in [0.1, 0.15) is 12.2 Å². The van der Waals surface area contributed by atoms with Gasteiger partial charge >= 0.3 is 0 Å². The minimum Gasteiger partial charge on any atom is -0.271 e. The van der Waals surface area contributed by atoms with Crippen molar-refractivity contribution < 1.29 is 0 Å². The van der Waals surface area contributed by atoms with Gasteiger partial charge in [-0.25, -0.2) is 4.98 Å². The molecule has 1 heterocycles. The lowest BCUT2D eigenvalue weighted by molar-refractivity contribution is 0.499.